The smallest absolute Gasteiger partial charge is 0.0824 e. The van der Waals surface area contributed by atoms with Crippen LogP contribution in [-0.2, 0) is 11.3 Å². The summed E-state index contributed by atoms with van der Waals surface area (Å²) in [5, 5.41) is 8.54. The third-order valence-electron chi connectivity index (χ3n) is 7.81. The molecule has 34 heavy (non-hydrogen) atoms. The number of benzene rings is 2. The molecule has 1 aliphatic carbocycles. The van der Waals surface area contributed by atoms with Gasteiger partial charge in [-0.1, -0.05) is 67.3 Å². The zero-order valence-electron chi connectivity index (χ0n) is 20.8. The molecule has 2 fully saturated rings. The maximum absolute atomic E-state index is 5.87. The molecule has 0 amide bonds. The highest BCUT2D eigenvalue weighted by atomic mass is 16.5. The summed E-state index contributed by atoms with van der Waals surface area (Å²) in [5.41, 5.74) is 5.64. The predicted octanol–water partition coefficient (Wildman–Crippen LogP) is 5.63. The standard InChI is InChI=1S/C30H41N3O/c1-23-8-7-11-25(18-23)27(14-15-31-19-26-20-32-16-17-34-26)29-22-33(21-24-9-3-2-4-10-24)30-13-6-5-12-28(29)30/h5-8,11-13,18,22,24,26-27,31-32H,2-4,9-10,14-17,19-21H2,1H3. The van der Waals surface area contributed by atoms with Crippen LogP contribution in [0.2, 0.25) is 0 Å². The van der Waals surface area contributed by atoms with Crippen LogP contribution in [0.1, 0.15) is 61.1 Å². The molecule has 2 aliphatic rings. The molecule has 0 radical (unpaired) electrons. The van der Waals surface area contributed by atoms with Crippen LogP contribution in [0.5, 0.6) is 0 Å². The number of morpholine rings is 1. The Kier molecular flexibility index (Phi) is 8.00. The van der Waals surface area contributed by atoms with Gasteiger partial charge in [-0.3, -0.25) is 0 Å². The van der Waals surface area contributed by atoms with Gasteiger partial charge < -0.3 is 19.9 Å². The molecule has 1 saturated carbocycles. The molecule has 1 aromatic heterocycles. The van der Waals surface area contributed by atoms with Crippen LogP contribution < -0.4 is 10.6 Å². The monoisotopic (exact) mass is 459 g/mol. The number of para-hydroxylation sites is 1. The lowest BCUT2D eigenvalue weighted by atomic mass is 9.87. The largest absolute Gasteiger partial charge is 0.374 e. The lowest BCUT2D eigenvalue weighted by molar-refractivity contribution is 0.0293. The van der Waals surface area contributed by atoms with E-state index in [4.69, 9.17) is 4.74 Å². The van der Waals surface area contributed by atoms with Crippen LogP contribution in [-0.4, -0.2) is 43.5 Å². The van der Waals surface area contributed by atoms with Gasteiger partial charge in [-0.15, -0.1) is 0 Å². The first kappa shape index (κ1) is 23.6. The summed E-state index contributed by atoms with van der Waals surface area (Å²) in [6.45, 7) is 8.00. The first-order valence-corrected chi connectivity index (χ1v) is 13.5. The third-order valence-corrected chi connectivity index (χ3v) is 7.81. The SMILES string of the molecule is Cc1cccc(C(CCNCC2CNCCO2)c2cn(CC3CCCCC3)c3ccccc23)c1. The first-order valence-electron chi connectivity index (χ1n) is 13.5. The van der Waals surface area contributed by atoms with Crippen molar-refractivity contribution in [1.82, 2.24) is 15.2 Å². The lowest BCUT2D eigenvalue weighted by Crippen LogP contribution is -2.44. The van der Waals surface area contributed by atoms with Crippen LogP contribution in [0.25, 0.3) is 10.9 Å². The molecule has 4 nitrogen and oxygen atoms in total. The summed E-state index contributed by atoms with van der Waals surface area (Å²) in [7, 11) is 0. The van der Waals surface area contributed by atoms with Gasteiger partial charge in [-0.25, -0.2) is 0 Å². The lowest BCUT2D eigenvalue weighted by Gasteiger charge is -2.24. The highest BCUT2D eigenvalue weighted by Crippen LogP contribution is 2.36. The van der Waals surface area contributed by atoms with Crippen LogP contribution in [0, 0.1) is 12.8 Å². The van der Waals surface area contributed by atoms with Gasteiger partial charge in [0.05, 0.1) is 12.7 Å². The Morgan fingerprint density at radius 3 is 2.79 bits per heavy atom. The Hall–Kier alpha value is -2.14. The zero-order chi connectivity index (χ0) is 23.2. The van der Waals surface area contributed by atoms with Gasteiger partial charge in [0.15, 0.2) is 0 Å². The maximum Gasteiger partial charge on any atom is 0.0824 e. The summed E-state index contributed by atoms with van der Waals surface area (Å²) >= 11 is 0. The Morgan fingerprint density at radius 1 is 1.09 bits per heavy atom. The summed E-state index contributed by atoms with van der Waals surface area (Å²) in [6.07, 6.45) is 10.8. The van der Waals surface area contributed by atoms with E-state index in [-0.39, 0.29) is 6.10 Å². The molecule has 1 saturated heterocycles. The van der Waals surface area contributed by atoms with Crippen LogP contribution in [0.15, 0.2) is 54.7 Å². The Morgan fingerprint density at radius 2 is 1.97 bits per heavy atom. The molecule has 2 aromatic carbocycles. The highest BCUT2D eigenvalue weighted by Gasteiger charge is 2.22. The molecule has 2 atom stereocenters. The zero-order valence-corrected chi connectivity index (χ0v) is 20.8. The number of nitrogens with one attached hydrogen (secondary N) is 2. The van der Waals surface area contributed by atoms with E-state index in [0.717, 1.165) is 51.7 Å². The molecule has 2 heterocycles. The number of rotatable bonds is 9. The van der Waals surface area contributed by atoms with Crippen molar-refractivity contribution in [3.63, 3.8) is 0 Å². The van der Waals surface area contributed by atoms with Gasteiger partial charge in [0.25, 0.3) is 0 Å². The Bertz CT molecular complexity index is 1050. The number of hydrogen-bond acceptors (Lipinski definition) is 3. The minimum Gasteiger partial charge on any atom is -0.374 e. The maximum atomic E-state index is 5.87. The van der Waals surface area contributed by atoms with E-state index >= 15 is 0 Å². The van der Waals surface area contributed by atoms with Gasteiger partial charge in [0.2, 0.25) is 0 Å². The van der Waals surface area contributed by atoms with Crippen molar-refractivity contribution in [2.45, 2.75) is 64.0 Å². The normalized spacial score (nSPS) is 20.6. The van der Waals surface area contributed by atoms with E-state index in [1.165, 1.54) is 59.7 Å². The predicted molar refractivity (Wildman–Crippen MR) is 142 cm³/mol. The second-order valence-electron chi connectivity index (χ2n) is 10.4. The van der Waals surface area contributed by atoms with Gasteiger partial charge in [0.1, 0.15) is 0 Å². The van der Waals surface area contributed by atoms with E-state index in [0.29, 0.717) is 5.92 Å². The molecular formula is C30H41N3O. The quantitative estimate of drug-likeness (QED) is 0.407. The number of aromatic nitrogens is 1. The van der Waals surface area contributed by atoms with Gasteiger partial charge in [0, 0.05) is 49.2 Å². The molecule has 4 heteroatoms. The molecule has 182 valence electrons. The van der Waals surface area contributed by atoms with Crippen LogP contribution in [0.3, 0.4) is 0 Å². The molecule has 1 aliphatic heterocycles. The van der Waals surface area contributed by atoms with Crippen molar-refractivity contribution in [2.75, 3.05) is 32.8 Å². The number of ether oxygens (including phenoxy) is 1. The van der Waals surface area contributed by atoms with Gasteiger partial charge in [-0.2, -0.15) is 0 Å². The topological polar surface area (TPSA) is 38.2 Å². The minimum atomic E-state index is 0.281. The number of aryl methyl sites for hydroxylation is 1. The van der Waals surface area contributed by atoms with E-state index in [1.54, 1.807) is 0 Å². The van der Waals surface area contributed by atoms with Crippen LogP contribution in [0.4, 0.5) is 0 Å². The first-order chi connectivity index (χ1) is 16.8. The summed E-state index contributed by atoms with van der Waals surface area (Å²) in [6, 6.07) is 18.2. The average Bonchev–Trinajstić information content (AvgIpc) is 3.23. The second kappa shape index (κ2) is 11.5. The Labute approximate surface area is 205 Å². The van der Waals surface area contributed by atoms with Crippen molar-refractivity contribution < 1.29 is 4.74 Å². The Balaban J connectivity index is 1.39. The van der Waals surface area contributed by atoms with Gasteiger partial charge >= 0.3 is 0 Å². The average molecular weight is 460 g/mol. The highest BCUT2D eigenvalue weighted by molar-refractivity contribution is 5.85. The van der Waals surface area contributed by atoms with Crippen molar-refractivity contribution >= 4 is 10.9 Å². The summed E-state index contributed by atoms with van der Waals surface area (Å²) in [4.78, 5) is 0. The summed E-state index contributed by atoms with van der Waals surface area (Å²) < 4.78 is 8.44. The minimum absolute atomic E-state index is 0.281. The van der Waals surface area contributed by atoms with Gasteiger partial charge in [-0.05, 0) is 55.8 Å². The fourth-order valence-corrected chi connectivity index (χ4v) is 6.00. The van der Waals surface area contributed by atoms with Crippen molar-refractivity contribution in [1.29, 1.82) is 0 Å². The summed E-state index contributed by atoms with van der Waals surface area (Å²) in [5.74, 6) is 1.20. The third kappa shape index (κ3) is 5.73. The van der Waals surface area contributed by atoms with Crippen molar-refractivity contribution in [2.24, 2.45) is 5.92 Å². The van der Waals surface area contributed by atoms with Crippen molar-refractivity contribution in [3.05, 3.63) is 71.4 Å². The molecule has 0 spiro atoms. The van der Waals surface area contributed by atoms with E-state index < -0.39 is 0 Å². The molecular weight excluding hydrogens is 418 g/mol. The molecule has 0 bridgehead atoms. The van der Waals surface area contributed by atoms with Crippen LogP contribution >= 0.6 is 0 Å². The van der Waals surface area contributed by atoms with E-state index in [9.17, 15) is 0 Å². The van der Waals surface area contributed by atoms with E-state index in [2.05, 4.69) is 76.9 Å². The molecule has 3 aromatic rings. The van der Waals surface area contributed by atoms with E-state index in [1.807, 2.05) is 0 Å². The second-order valence-corrected chi connectivity index (χ2v) is 10.4. The number of fused-ring (bicyclic) bond motifs is 1. The fourth-order valence-electron chi connectivity index (χ4n) is 6.00. The number of hydrogen-bond donors (Lipinski definition) is 2. The molecule has 5 rings (SSSR count). The van der Waals surface area contributed by atoms with Crippen molar-refractivity contribution in [3.8, 4) is 0 Å². The number of nitrogens with zero attached hydrogens (tertiary/aromatic N) is 1. The molecule has 2 unspecified atom stereocenters. The fraction of sp³-hybridized carbons (Fsp3) is 0.533. The molecule has 2 N–H and O–H groups in total.